The van der Waals surface area contributed by atoms with Gasteiger partial charge >= 0.3 is 0 Å². The molecule has 2 N–H and O–H groups in total. The minimum Gasteiger partial charge on any atom is -0.494 e. The van der Waals surface area contributed by atoms with E-state index in [2.05, 4.69) is 29.3 Å². The van der Waals surface area contributed by atoms with Crippen LogP contribution in [0.2, 0.25) is 0 Å². The Bertz CT molecular complexity index is 570. The van der Waals surface area contributed by atoms with Crippen LogP contribution < -0.4 is 10.1 Å². The predicted octanol–water partition coefficient (Wildman–Crippen LogP) is 4.32. The Morgan fingerprint density at radius 1 is 1.07 bits per heavy atom. The van der Waals surface area contributed by atoms with Gasteiger partial charge in [0.15, 0.2) is 0 Å². The summed E-state index contributed by atoms with van der Waals surface area (Å²) < 4.78 is 5.77. The molecule has 1 aliphatic heterocycles. The normalized spacial score (nSPS) is 15.3. The zero-order valence-electron chi connectivity index (χ0n) is 18.9. The fraction of sp³-hybridized carbons (Fsp3) is 0.720. The molecule has 0 bridgehead atoms. The Hall–Kier alpha value is -1.59. The van der Waals surface area contributed by atoms with Crippen molar-refractivity contribution in [2.24, 2.45) is 0 Å². The van der Waals surface area contributed by atoms with Crippen LogP contribution in [0.25, 0.3) is 0 Å². The summed E-state index contributed by atoms with van der Waals surface area (Å²) in [7, 11) is 0. The van der Waals surface area contributed by atoms with Crippen molar-refractivity contribution in [2.75, 3.05) is 32.8 Å². The number of aliphatic hydroxyl groups is 1. The number of hydrogen-bond acceptors (Lipinski definition) is 4. The van der Waals surface area contributed by atoms with E-state index in [0.717, 1.165) is 83.4 Å². The van der Waals surface area contributed by atoms with E-state index < -0.39 is 0 Å². The van der Waals surface area contributed by atoms with Crippen LogP contribution in [0, 0.1) is 0 Å². The summed E-state index contributed by atoms with van der Waals surface area (Å²) >= 11 is 0. The first-order valence-corrected chi connectivity index (χ1v) is 12.1. The molecular formula is C25H42N2O3. The Morgan fingerprint density at radius 2 is 1.77 bits per heavy atom. The van der Waals surface area contributed by atoms with Crippen LogP contribution in [0.5, 0.6) is 5.75 Å². The van der Waals surface area contributed by atoms with Crippen molar-refractivity contribution in [2.45, 2.75) is 83.6 Å². The highest BCUT2D eigenvalue weighted by molar-refractivity contribution is 5.76. The van der Waals surface area contributed by atoms with Gasteiger partial charge in [-0.25, -0.2) is 0 Å². The lowest BCUT2D eigenvalue weighted by atomic mass is 10.0. The molecule has 5 nitrogen and oxygen atoms in total. The molecule has 0 spiro atoms. The zero-order valence-corrected chi connectivity index (χ0v) is 18.9. The van der Waals surface area contributed by atoms with E-state index in [1.54, 1.807) is 0 Å². The van der Waals surface area contributed by atoms with Gasteiger partial charge in [0.1, 0.15) is 5.75 Å². The molecule has 5 heteroatoms. The lowest BCUT2D eigenvalue weighted by Gasteiger charge is -2.25. The van der Waals surface area contributed by atoms with Crippen LogP contribution in [0.3, 0.4) is 0 Å². The fourth-order valence-corrected chi connectivity index (χ4v) is 4.01. The van der Waals surface area contributed by atoms with Gasteiger partial charge in [-0.15, -0.1) is 0 Å². The number of carbonyl (C=O) groups is 1. The van der Waals surface area contributed by atoms with Gasteiger partial charge in [-0.2, -0.15) is 0 Å². The van der Waals surface area contributed by atoms with E-state index in [0.29, 0.717) is 6.42 Å². The van der Waals surface area contributed by atoms with Crippen LogP contribution in [0.4, 0.5) is 0 Å². The van der Waals surface area contributed by atoms with Gasteiger partial charge in [0.2, 0.25) is 5.91 Å². The maximum Gasteiger partial charge on any atom is 0.220 e. The maximum absolute atomic E-state index is 12.5. The zero-order chi connectivity index (χ0) is 21.4. The molecule has 0 aliphatic carbocycles. The standard InChI is InChI=1S/C25H42N2O3/c1-2-3-19-30-24-14-12-22(13-15-24)20-23(21-27-16-8-9-17-27)26-25(29)11-7-5-4-6-10-18-28/h12-15,23,28H,2-11,16-21H2,1H3,(H,26,29)/t23-/m0/s1. The van der Waals surface area contributed by atoms with Gasteiger partial charge in [0.25, 0.3) is 0 Å². The highest BCUT2D eigenvalue weighted by Gasteiger charge is 2.19. The van der Waals surface area contributed by atoms with E-state index in [4.69, 9.17) is 9.84 Å². The molecule has 1 atom stereocenters. The highest BCUT2D eigenvalue weighted by atomic mass is 16.5. The van der Waals surface area contributed by atoms with Gasteiger partial charge in [0.05, 0.1) is 6.61 Å². The topological polar surface area (TPSA) is 61.8 Å². The first kappa shape index (κ1) is 24.7. The predicted molar refractivity (Wildman–Crippen MR) is 123 cm³/mol. The van der Waals surface area contributed by atoms with E-state index in [9.17, 15) is 4.79 Å². The summed E-state index contributed by atoms with van der Waals surface area (Å²) in [4.78, 5) is 15.0. The van der Waals surface area contributed by atoms with E-state index in [-0.39, 0.29) is 18.6 Å². The first-order chi connectivity index (χ1) is 14.7. The van der Waals surface area contributed by atoms with Crippen molar-refractivity contribution in [1.29, 1.82) is 0 Å². The molecule has 1 aromatic rings. The Morgan fingerprint density at radius 3 is 2.47 bits per heavy atom. The summed E-state index contributed by atoms with van der Waals surface area (Å²) in [5.74, 6) is 1.09. The van der Waals surface area contributed by atoms with Crippen molar-refractivity contribution < 1.29 is 14.6 Å². The van der Waals surface area contributed by atoms with Crippen molar-refractivity contribution in [3.8, 4) is 5.75 Å². The molecule has 2 rings (SSSR count). The average Bonchev–Trinajstić information content (AvgIpc) is 3.25. The van der Waals surface area contributed by atoms with Crippen molar-refractivity contribution in [3.63, 3.8) is 0 Å². The number of nitrogens with one attached hydrogen (secondary N) is 1. The number of carbonyl (C=O) groups excluding carboxylic acids is 1. The van der Waals surface area contributed by atoms with Gasteiger partial charge < -0.3 is 20.1 Å². The number of rotatable bonds is 16. The first-order valence-electron chi connectivity index (χ1n) is 12.1. The molecule has 0 saturated carbocycles. The molecule has 0 radical (unpaired) electrons. The quantitative estimate of drug-likeness (QED) is 0.393. The van der Waals surface area contributed by atoms with E-state index in [1.807, 2.05) is 12.1 Å². The molecule has 1 aromatic carbocycles. The lowest BCUT2D eigenvalue weighted by molar-refractivity contribution is -0.122. The van der Waals surface area contributed by atoms with E-state index >= 15 is 0 Å². The van der Waals surface area contributed by atoms with Crippen molar-refractivity contribution in [3.05, 3.63) is 29.8 Å². The van der Waals surface area contributed by atoms with Gasteiger partial charge in [-0.1, -0.05) is 44.7 Å². The third-order valence-corrected chi connectivity index (χ3v) is 5.78. The average molecular weight is 419 g/mol. The number of benzene rings is 1. The van der Waals surface area contributed by atoms with E-state index in [1.165, 1.54) is 18.4 Å². The smallest absolute Gasteiger partial charge is 0.220 e. The number of amides is 1. The number of aliphatic hydroxyl groups excluding tert-OH is 1. The summed E-state index contributed by atoms with van der Waals surface area (Å²) in [6, 6.07) is 8.51. The summed E-state index contributed by atoms with van der Waals surface area (Å²) in [5.41, 5.74) is 1.24. The fourth-order valence-electron chi connectivity index (χ4n) is 4.01. The van der Waals surface area contributed by atoms with Crippen LogP contribution in [-0.2, 0) is 11.2 Å². The molecule has 0 aromatic heterocycles. The monoisotopic (exact) mass is 418 g/mol. The Kier molecular flexibility index (Phi) is 12.5. The number of unbranched alkanes of at least 4 members (excludes halogenated alkanes) is 5. The number of nitrogens with zero attached hydrogens (tertiary/aromatic N) is 1. The maximum atomic E-state index is 12.5. The van der Waals surface area contributed by atoms with Crippen LogP contribution in [0.1, 0.15) is 76.7 Å². The minimum absolute atomic E-state index is 0.150. The molecule has 170 valence electrons. The number of hydrogen-bond donors (Lipinski definition) is 2. The van der Waals surface area contributed by atoms with Crippen molar-refractivity contribution >= 4 is 5.91 Å². The van der Waals surface area contributed by atoms with Gasteiger partial charge in [-0.05, 0) is 69.3 Å². The molecule has 0 unspecified atom stereocenters. The lowest BCUT2D eigenvalue weighted by Crippen LogP contribution is -2.44. The summed E-state index contributed by atoms with van der Waals surface area (Å²) in [6.07, 6.45) is 11.2. The molecule has 30 heavy (non-hydrogen) atoms. The summed E-state index contributed by atoms with van der Waals surface area (Å²) in [6.45, 7) is 6.41. The van der Waals surface area contributed by atoms with Crippen LogP contribution in [0.15, 0.2) is 24.3 Å². The molecular weight excluding hydrogens is 376 g/mol. The third-order valence-electron chi connectivity index (χ3n) is 5.78. The van der Waals surface area contributed by atoms with Crippen molar-refractivity contribution in [1.82, 2.24) is 10.2 Å². The third kappa shape index (κ3) is 10.4. The molecule has 1 saturated heterocycles. The Labute approximate surface area is 183 Å². The SMILES string of the molecule is CCCCOc1ccc(C[C@@H](CN2CCCC2)NC(=O)CCCCCCCO)cc1. The molecule has 1 amide bonds. The Balaban J connectivity index is 1.80. The van der Waals surface area contributed by atoms with Crippen LogP contribution >= 0.6 is 0 Å². The van der Waals surface area contributed by atoms with Gasteiger partial charge in [-0.3, -0.25) is 4.79 Å². The number of ether oxygens (including phenoxy) is 1. The second-order valence-corrected chi connectivity index (χ2v) is 8.56. The number of likely N-dealkylation sites (tertiary alicyclic amines) is 1. The largest absolute Gasteiger partial charge is 0.494 e. The summed E-state index contributed by atoms with van der Waals surface area (Å²) in [5, 5.41) is 12.1. The second-order valence-electron chi connectivity index (χ2n) is 8.56. The second kappa shape index (κ2) is 15.2. The highest BCUT2D eigenvalue weighted by Crippen LogP contribution is 2.16. The molecule has 1 aliphatic rings. The van der Waals surface area contributed by atoms with Gasteiger partial charge in [0, 0.05) is 25.6 Å². The molecule has 1 heterocycles. The van der Waals surface area contributed by atoms with Crippen LogP contribution in [-0.4, -0.2) is 54.8 Å². The molecule has 1 fully saturated rings. The minimum atomic E-state index is 0.150.